The van der Waals surface area contributed by atoms with E-state index in [4.69, 9.17) is 22.2 Å². The van der Waals surface area contributed by atoms with Crippen molar-refractivity contribution in [1.29, 1.82) is 5.26 Å². The second-order valence-electron chi connectivity index (χ2n) is 6.12. The number of nitriles is 1. The van der Waals surface area contributed by atoms with E-state index < -0.39 is 0 Å². The summed E-state index contributed by atoms with van der Waals surface area (Å²) in [5.74, 6) is 0.360. The minimum atomic E-state index is -0.345. The molecule has 0 unspecified atom stereocenters. The lowest BCUT2D eigenvalue weighted by Crippen LogP contribution is -2.34. The van der Waals surface area contributed by atoms with Gasteiger partial charge in [-0.1, -0.05) is 38.3 Å². The van der Waals surface area contributed by atoms with Gasteiger partial charge >= 0.3 is 0 Å². The van der Waals surface area contributed by atoms with Crippen LogP contribution in [0.2, 0.25) is 0 Å². The highest BCUT2D eigenvalue weighted by atomic mass is 79.9. The van der Waals surface area contributed by atoms with Crippen molar-refractivity contribution >= 4 is 44.9 Å². The van der Waals surface area contributed by atoms with Crippen LogP contribution >= 0.6 is 28.1 Å². The smallest absolute Gasteiger partial charge is 0.257 e. The Hall–Kier alpha value is -2.43. The monoisotopic (exact) mass is 459 g/mol. The zero-order chi connectivity index (χ0) is 20.4. The molecule has 7 heteroatoms. The molecule has 0 aromatic heterocycles. The van der Waals surface area contributed by atoms with Crippen molar-refractivity contribution in [3.05, 3.63) is 58.1 Å². The highest BCUT2D eigenvalue weighted by molar-refractivity contribution is 9.10. The van der Waals surface area contributed by atoms with Gasteiger partial charge in [0.05, 0.1) is 22.3 Å². The fraction of sp³-hybridized carbons (Fsp3) is 0.286. The molecule has 146 valence electrons. The SMILES string of the molecule is CCCCCCOc1ccc(C(=O)NC(=S)Nc2ccccc2C#N)cc1Br. The van der Waals surface area contributed by atoms with Crippen LogP contribution in [0.1, 0.15) is 48.5 Å². The van der Waals surface area contributed by atoms with Crippen molar-refractivity contribution in [1.82, 2.24) is 5.32 Å². The van der Waals surface area contributed by atoms with Gasteiger partial charge in [-0.25, -0.2) is 0 Å². The molecule has 1 amide bonds. The first kappa shape index (κ1) is 21.9. The van der Waals surface area contributed by atoms with Crippen molar-refractivity contribution in [2.75, 3.05) is 11.9 Å². The molecule has 5 nitrogen and oxygen atoms in total. The summed E-state index contributed by atoms with van der Waals surface area (Å²) in [4.78, 5) is 12.4. The number of carbonyl (C=O) groups excluding carboxylic acids is 1. The maximum atomic E-state index is 12.4. The number of hydrogen-bond acceptors (Lipinski definition) is 4. The second-order valence-corrected chi connectivity index (χ2v) is 7.38. The molecule has 0 heterocycles. The molecule has 2 aromatic rings. The van der Waals surface area contributed by atoms with Crippen LogP contribution in [0.3, 0.4) is 0 Å². The van der Waals surface area contributed by atoms with Crippen LogP contribution in [0.15, 0.2) is 46.9 Å². The number of benzene rings is 2. The zero-order valence-corrected chi connectivity index (χ0v) is 18.0. The average Bonchev–Trinajstić information content (AvgIpc) is 2.69. The molecule has 2 aromatic carbocycles. The summed E-state index contributed by atoms with van der Waals surface area (Å²) in [7, 11) is 0. The van der Waals surface area contributed by atoms with Gasteiger partial charge < -0.3 is 10.1 Å². The second kappa shape index (κ2) is 11.4. The third kappa shape index (κ3) is 6.63. The summed E-state index contributed by atoms with van der Waals surface area (Å²) in [6, 6.07) is 14.2. The molecule has 0 spiro atoms. The Kier molecular flexibility index (Phi) is 8.92. The van der Waals surface area contributed by atoms with E-state index in [9.17, 15) is 4.79 Å². The van der Waals surface area contributed by atoms with Gasteiger partial charge in [-0.15, -0.1) is 0 Å². The quantitative estimate of drug-likeness (QED) is 0.407. The summed E-state index contributed by atoms with van der Waals surface area (Å²) < 4.78 is 6.47. The van der Waals surface area contributed by atoms with Gasteiger partial charge in [0.1, 0.15) is 11.8 Å². The van der Waals surface area contributed by atoms with Gasteiger partial charge in [0.15, 0.2) is 5.11 Å². The van der Waals surface area contributed by atoms with Crippen LogP contribution in [0.5, 0.6) is 5.75 Å². The van der Waals surface area contributed by atoms with Crippen molar-refractivity contribution in [3.63, 3.8) is 0 Å². The number of carbonyl (C=O) groups is 1. The zero-order valence-electron chi connectivity index (χ0n) is 15.6. The predicted molar refractivity (Wildman–Crippen MR) is 119 cm³/mol. The number of ether oxygens (including phenoxy) is 1. The standard InChI is InChI=1S/C21H22BrN3O2S/c1-2-3-4-7-12-27-19-11-10-15(13-17(19)22)20(26)25-21(28)24-18-9-6-5-8-16(18)14-23/h5-6,8-11,13H,2-4,7,12H2,1H3,(H2,24,25,26,28). The van der Waals surface area contributed by atoms with Gasteiger partial charge in [0, 0.05) is 5.56 Å². The number of anilines is 1. The first-order valence-corrected chi connectivity index (χ1v) is 10.3. The van der Waals surface area contributed by atoms with E-state index in [2.05, 4.69) is 39.6 Å². The first-order chi connectivity index (χ1) is 13.5. The van der Waals surface area contributed by atoms with E-state index in [1.807, 2.05) is 0 Å². The van der Waals surface area contributed by atoms with Gasteiger partial charge in [0.2, 0.25) is 0 Å². The first-order valence-electron chi connectivity index (χ1n) is 9.09. The number of para-hydroxylation sites is 1. The van der Waals surface area contributed by atoms with Crippen LogP contribution in [0.4, 0.5) is 5.69 Å². The average molecular weight is 460 g/mol. The van der Waals surface area contributed by atoms with Gasteiger partial charge in [-0.05, 0) is 64.9 Å². The fourth-order valence-electron chi connectivity index (χ4n) is 2.49. The fourth-order valence-corrected chi connectivity index (χ4v) is 3.18. The number of thiocarbonyl (C=S) groups is 1. The highest BCUT2D eigenvalue weighted by Gasteiger charge is 2.12. The Morgan fingerprint density at radius 3 is 2.71 bits per heavy atom. The topological polar surface area (TPSA) is 74.2 Å². The Balaban J connectivity index is 1.92. The van der Waals surface area contributed by atoms with E-state index in [1.54, 1.807) is 42.5 Å². The lowest BCUT2D eigenvalue weighted by molar-refractivity contribution is 0.0977. The number of rotatable bonds is 8. The number of nitrogens with zero attached hydrogens (tertiary/aromatic N) is 1. The number of nitrogens with one attached hydrogen (secondary N) is 2. The minimum Gasteiger partial charge on any atom is -0.492 e. The lowest BCUT2D eigenvalue weighted by atomic mass is 10.2. The van der Waals surface area contributed by atoms with E-state index in [1.165, 1.54) is 12.8 Å². The third-order valence-corrected chi connectivity index (χ3v) is 4.80. The van der Waals surface area contributed by atoms with Crippen LogP contribution < -0.4 is 15.4 Å². The van der Waals surface area contributed by atoms with Gasteiger partial charge in [-0.2, -0.15) is 5.26 Å². The van der Waals surface area contributed by atoms with Crippen molar-refractivity contribution in [2.24, 2.45) is 0 Å². The molecular formula is C21H22BrN3O2S. The number of amides is 1. The molecule has 0 saturated heterocycles. The summed E-state index contributed by atoms with van der Waals surface area (Å²) in [5, 5.41) is 14.7. The van der Waals surface area contributed by atoms with Crippen LogP contribution in [0.25, 0.3) is 0 Å². The number of halogens is 1. The molecule has 0 radical (unpaired) electrons. The Labute approximate surface area is 179 Å². The molecule has 2 N–H and O–H groups in total. The Morgan fingerprint density at radius 2 is 2.00 bits per heavy atom. The summed E-state index contributed by atoms with van der Waals surface area (Å²) in [6.07, 6.45) is 4.54. The van der Waals surface area contributed by atoms with Crippen molar-refractivity contribution < 1.29 is 9.53 Å². The predicted octanol–water partition coefficient (Wildman–Crippen LogP) is 5.41. The van der Waals surface area contributed by atoms with Crippen molar-refractivity contribution in [2.45, 2.75) is 32.6 Å². The van der Waals surface area contributed by atoms with Gasteiger partial charge in [0.25, 0.3) is 5.91 Å². The Bertz CT molecular complexity index is 880. The largest absolute Gasteiger partial charge is 0.492 e. The Morgan fingerprint density at radius 1 is 1.21 bits per heavy atom. The van der Waals surface area contributed by atoms with Gasteiger partial charge in [-0.3, -0.25) is 10.1 Å². The van der Waals surface area contributed by atoms with E-state index in [0.29, 0.717) is 33.6 Å². The minimum absolute atomic E-state index is 0.125. The third-order valence-electron chi connectivity index (χ3n) is 3.97. The van der Waals surface area contributed by atoms with E-state index >= 15 is 0 Å². The molecule has 0 aliphatic heterocycles. The molecule has 2 rings (SSSR count). The molecule has 0 fully saturated rings. The van der Waals surface area contributed by atoms with E-state index in [-0.39, 0.29) is 11.0 Å². The molecule has 0 atom stereocenters. The maximum Gasteiger partial charge on any atom is 0.257 e. The number of unbranched alkanes of at least 4 members (excludes halogenated alkanes) is 3. The molecule has 0 aliphatic rings. The molecule has 0 saturated carbocycles. The van der Waals surface area contributed by atoms with E-state index in [0.717, 1.165) is 12.8 Å². The highest BCUT2D eigenvalue weighted by Crippen LogP contribution is 2.26. The molecule has 0 aliphatic carbocycles. The molecule has 0 bridgehead atoms. The summed E-state index contributed by atoms with van der Waals surface area (Å²) in [6.45, 7) is 2.82. The normalized spacial score (nSPS) is 10.0. The lowest BCUT2D eigenvalue weighted by Gasteiger charge is -2.12. The molecular weight excluding hydrogens is 438 g/mol. The van der Waals surface area contributed by atoms with Crippen LogP contribution in [-0.2, 0) is 0 Å². The van der Waals surface area contributed by atoms with Crippen molar-refractivity contribution in [3.8, 4) is 11.8 Å². The maximum absolute atomic E-state index is 12.4. The summed E-state index contributed by atoms with van der Waals surface area (Å²) in [5.41, 5.74) is 1.44. The van der Waals surface area contributed by atoms with Crippen LogP contribution in [-0.4, -0.2) is 17.6 Å². The van der Waals surface area contributed by atoms with Crippen LogP contribution in [0, 0.1) is 11.3 Å². The summed E-state index contributed by atoms with van der Waals surface area (Å²) >= 11 is 8.63. The molecule has 28 heavy (non-hydrogen) atoms. The number of hydrogen-bond donors (Lipinski definition) is 2.